The highest BCUT2D eigenvalue weighted by molar-refractivity contribution is 6.24. The van der Waals surface area contributed by atoms with Crippen molar-refractivity contribution in [2.75, 3.05) is 11.4 Å². The number of nitrogens with one attached hydrogen (secondary N) is 2. The third kappa shape index (κ3) is 3.28. The number of aromatic amines is 1. The highest BCUT2D eigenvalue weighted by Gasteiger charge is 2.59. The van der Waals surface area contributed by atoms with E-state index in [0.29, 0.717) is 30.1 Å². The van der Waals surface area contributed by atoms with Crippen molar-refractivity contribution in [1.29, 1.82) is 0 Å². The van der Waals surface area contributed by atoms with Crippen molar-refractivity contribution in [3.63, 3.8) is 0 Å². The number of aromatic nitrogens is 1. The van der Waals surface area contributed by atoms with Crippen LogP contribution >= 0.6 is 0 Å². The van der Waals surface area contributed by atoms with Crippen molar-refractivity contribution >= 4 is 34.4 Å². The molecular formula is C28H30N4O3. The molecule has 2 N–H and O–H groups in total. The molecule has 6 rings (SSSR count). The summed E-state index contributed by atoms with van der Waals surface area (Å²) in [7, 11) is 0. The first-order valence-corrected chi connectivity index (χ1v) is 12.5. The second-order valence-corrected chi connectivity index (χ2v) is 10.4. The molecule has 1 aromatic heterocycles. The number of para-hydroxylation sites is 1. The number of H-pyrrole nitrogens is 1. The predicted octanol–water partition coefficient (Wildman–Crippen LogP) is 4.72. The minimum absolute atomic E-state index is 0.160. The summed E-state index contributed by atoms with van der Waals surface area (Å²) in [5, 5.41) is 4.23. The van der Waals surface area contributed by atoms with E-state index in [4.69, 9.17) is 0 Å². The van der Waals surface area contributed by atoms with Crippen LogP contribution in [-0.2, 0) is 16.8 Å². The summed E-state index contributed by atoms with van der Waals surface area (Å²) in [5.41, 5.74) is 2.63. The first-order chi connectivity index (χ1) is 16.9. The molecule has 1 unspecified atom stereocenters. The van der Waals surface area contributed by atoms with Gasteiger partial charge in [-0.25, -0.2) is 9.69 Å². The molecule has 180 valence electrons. The summed E-state index contributed by atoms with van der Waals surface area (Å²) in [4.78, 5) is 46.7. The fraction of sp³-hybridized carbons (Fsp3) is 0.393. The van der Waals surface area contributed by atoms with E-state index in [1.165, 1.54) is 4.90 Å². The number of amides is 4. The lowest BCUT2D eigenvalue weighted by atomic mass is 9.87. The molecule has 0 radical (unpaired) electrons. The van der Waals surface area contributed by atoms with E-state index in [9.17, 15) is 14.4 Å². The summed E-state index contributed by atoms with van der Waals surface area (Å²) < 4.78 is 0. The van der Waals surface area contributed by atoms with Gasteiger partial charge in [0, 0.05) is 29.1 Å². The van der Waals surface area contributed by atoms with Crippen LogP contribution in [0.15, 0.2) is 48.5 Å². The maximum atomic E-state index is 13.9. The summed E-state index contributed by atoms with van der Waals surface area (Å²) in [6.45, 7) is 4.53. The highest BCUT2D eigenvalue weighted by Crippen LogP contribution is 2.45. The van der Waals surface area contributed by atoms with Gasteiger partial charge in [0.1, 0.15) is 0 Å². The number of rotatable bonds is 3. The van der Waals surface area contributed by atoms with Gasteiger partial charge in [0.2, 0.25) is 0 Å². The first kappa shape index (κ1) is 21.9. The number of fused-ring (bicyclic) bond motifs is 5. The van der Waals surface area contributed by atoms with Crippen molar-refractivity contribution in [2.45, 2.75) is 57.5 Å². The predicted molar refractivity (Wildman–Crippen MR) is 134 cm³/mol. The number of benzene rings is 2. The smallest absolute Gasteiger partial charge is 0.332 e. The average Bonchev–Trinajstić information content (AvgIpc) is 3.34. The minimum Gasteiger partial charge on any atom is -0.356 e. The molecule has 1 saturated heterocycles. The lowest BCUT2D eigenvalue weighted by molar-refractivity contribution is -0.125. The Morgan fingerprint density at radius 2 is 1.83 bits per heavy atom. The van der Waals surface area contributed by atoms with Gasteiger partial charge in [0.25, 0.3) is 11.8 Å². The van der Waals surface area contributed by atoms with Gasteiger partial charge in [-0.3, -0.25) is 9.59 Å². The SMILES string of the molecule is CC1CCC(NC(=O)c2cccc(N3C(=O)N4CCc5c([nH]c6ccccc56)C4(C)C3=O)c2)CC1. The molecule has 2 aliphatic heterocycles. The number of carbonyl (C=O) groups excluding carboxylic acids is 3. The van der Waals surface area contributed by atoms with E-state index in [1.807, 2.05) is 25.1 Å². The molecule has 3 heterocycles. The molecule has 1 atom stereocenters. The van der Waals surface area contributed by atoms with E-state index in [1.54, 1.807) is 29.2 Å². The van der Waals surface area contributed by atoms with Crippen molar-refractivity contribution in [3.8, 4) is 0 Å². The molecule has 3 aliphatic rings. The molecular weight excluding hydrogens is 440 g/mol. The van der Waals surface area contributed by atoms with Gasteiger partial charge in [0.15, 0.2) is 5.54 Å². The van der Waals surface area contributed by atoms with Crippen LogP contribution < -0.4 is 10.2 Å². The number of urea groups is 1. The quantitative estimate of drug-likeness (QED) is 0.544. The standard InChI is InChI=1S/C28H30N4O3/c1-17-10-12-19(13-11-17)29-25(33)18-6-5-7-20(16-18)32-26(34)28(2)24-22(14-15-31(28)27(32)35)21-8-3-4-9-23(21)30-24/h3-9,16-17,19,30H,10-15H2,1-2H3,(H,29,33). The lowest BCUT2D eigenvalue weighted by Crippen LogP contribution is -2.49. The van der Waals surface area contributed by atoms with Crippen LogP contribution in [0.1, 0.15) is 61.1 Å². The van der Waals surface area contributed by atoms with Gasteiger partial charge < -0.3 is 15.2 Å². The van der Waals surface area contributed by atoms with Gasteiger partial charge >= 0.3 is 6.03 Å². The Labute approximate surface area is 204 Å². The van der Waals surface area contributed by atoms with E-state index in [0.717, 1.165) is 47.8 Å². The van der Waals surface area contributed by atoms with Crippen LogP contribution in [0.4, 0.5) is 10.5 Å². The molecule has 4 amide bonds. The fourth-order valence-electron chi connectivity index (χ4n) is 6.08. The highest BCUT2D eigenvalue weighted by atomic mass is 16.2. The number of carbonyl (C=O) groups is 3. The largest absolute Gasteiger partial charge is 0.356 e. The summed E-state index contributed by atoms with van der Waals surface area (Å²) >= 11 is 0. The molecule has 2 fully saturated rings. The molecule has 7 heteroatoms. The van der Waals surface area contributed by atoms with Crippen molar-refractivity contribution in [3.05, 3.63) is 65.4 Å². The number of hydrogen-bond acceptors (Lipinski definition) is 3. The molecule has 7 nitrogen and oxygen atoms in total. The van der Waals surface area contributed by atoms with Gasteiger partial charge in [-0.05, 0) is 74.8 Å². The van der Waals surface area contributed by atoms with Crippen LogP contribution in [0.5, 0.6) is 0 Å². The third-order valence-electron chi connectivity index (χ3n) is 8.19. The van der Waals surface area contributed by atoms with Crippen LogP contribution in [0.2, 0.25) is 0 Å². The maximum absolute atomic E-state index is 13.9. The van der Waals surface area contributed by atoms with Gasteiger partial charge in [-0.1, -0.05) is 31.2 Å². The molecule has 35 heavy (non-hydrogen) atoms. The van der Waals surface area contributed by atoms with Crippen LogP contribution in [0.3, 0.4) is 0 Å². The zero-order chi connectivity index (χ0) is 24.3. The molecule has 3 aromatic rings. The molecule has 1 saturated carbocycles. The molecule has 2 aromatic carbocycles. The van der Waals surface area contributed by atoms with Crippen LogP contribution in [-0.4, -0.2) is 40.3 Å². The Hall–Kier alpha value is -3.61. The number of nitrogens with zero attached hydrogens (tertiary/aromatic N) is 2. The fourth-order valence-corrected chi connectivity index (χ4v) is 6.08. The zero-order valence-corrected chi connectivity index (χ0v) is 20.1. The topological polar surface area (TPSA) is 85.5 Å². The van der Waals surface area contributed by atoms with E-state index in [-0.39, 0.29) is 23.9 Å². The number of anilines is 1. The third-order valence-corrected chi connectivity index (χ3v) is 8.19. The molecule has 0 bridgehead atoms. The number of hydrogen-bond donors (Lipinski definition) is 2. The summed E-state index contributed by atoms with van der Waals surface area (Å²) in [5.74, 6) is 0.248. The van der Waals surface area contributed by atoms with E-state index < -0.39 is 5.54 Å². The normalized spacial score (nSPS) is 26.1. The van der Waals surface area contributed by atoms with Gasteiger partial charge in [-0.2, -0.15) is 0 Å². The van der Waals surface area contributed by atoms with E-state index >= 15 is 0 Å². The van der Waals surface area contributed by atoms with Crippen molar-refractivity contribution in [2.24, 2.45) is 5.92 Å². The average molecular weight is 471 g/mol. The van der Waals surface area contributed by atoms with Crippen LogP contribution in [0.25, 0.3) is 10.9 Å². The van der Waals surface area contributed by atoms with Crippen molar-refractivity contribution < 1.29 is 14.4 Å². The lowest BCUT2D eigenvalue weighted by Gasteiger charge is -2.35. The van der Waals surface area contributed by atoms with Gasteiger partial charge in [-0.15, -0.1) is 0 Å². The van der Waals surface area contributed by atoms with Gasteiger partial charge in [0.05, 0.1) is 11.4 Å². The van der Waals surface area contributed by atoms with E-state index in [2.05, 4.69) is 23.3 Å². The summed E-state index contributed by atoms with van der Waals surface area (Å²) in [6, 6.07) is 14.7. The Kier molecular flexibility index (Phi) is 4.99. The second kappa shape index (κ2) is 7.97. The Bertz CT molecular complexity index is 1350. The Morgan fingerprint density at radius 3 is 2.63 bits per heavy atom. The molecule has 1 aliphatic carbocycles. The molecule has 0 spiro atoms. The minimum atomic E-state index is -1.11. The Morgan fingerprint density at radius 1 is 1.06 bits per heavy atom. The summed E-state index contributed by atoms with van der Waals surface area (Å²) in [6.07, 6.45) is 4.88. The zero-order valence-electron chi connectivity index (χ0n) is 20.1. The first-order valence-electron chi connectivity index (χ1n) is 12.5. The maximum Gasteiger partial charge on any atom is 0.332 e. The Balaban J connectivity index is 1.31. The van der Waals surface area contributed by atoms with Crippen LogP contribution in [0, 0.1) is 5.92 Å². The second-order valence-electron chi connectivity index (χ2n) is 10.4. The van der Waals surface area contributed by atoms with Crippen molar-refractivity contribution in [1.82, 2.24) is 15.2 Å². The number of imide groups is 1. The monoisotopic (exact) mass is 470 g/mol.